The third-order valence-electron chi connectivity index (χ3n) is 6.29. The number of pyridine rings is 1. The predicted molar refractivity (Wildman–Crippen MR) is 142 cm³/mol. The van der Waals surface area contributed by atoms with Crippen LogP contribution in [-0.4, -0.2) is 59.9 Å². The van der Waals surface area contributed by atoms with Crippen LogP contribution in [0.25, 0.3) is 11.1 Å². The maximum absolute atomic E-state index is 12.9. The number of aromatic nitrogens is 2. The summed E-state index contributed by atoms with van der Waals surface area (Å²) in [6.07, 6.45) is 0.632. The van der Waals surface area contributed by atoms with Crippen molar-refractivity contribution >= 4 is 39.7 Å². The Morgan fingerprint density at radius 3 is 2.47 bits per heavy atom. The van der Waals surface area contributed by atoms with Crippen molar-refractivity contribution in [2.45, 2.75) is 19.0 Å². The van der Waals surface area contributed by atoms with Gasteiger partial charge in [-0.25, -0.2) is 4.98 Å². The second-order valence-electron chi connectivity index (χ2n) is 8.96. The molecule has 200 valence electrons. The summed E-state index contributed by atoms with van der Waals surface area (Å²) < 4.78 is 38.6. The van der Waals surface area contributed by atoms with Gasteiger partial charge in [-0.15, -0.1) is 0 Å². The molecule has 2 aromatic heterocycles. The smallest absolute Gasteiger partial charge is 0.367 e. The number of alkyl halides is 3. The lowest BCUT2D eigenvalue weighted by atomic mass is 9.97. The van der Waals surface area contributed by atoms with Crippen LogP contribution >= 0.6 is 11.3 Å². The number of hydrogen-bond acceptors (Lipinski definition) is 7. The molecular formula is C26H27F3N6O2S. The predicted octanol–water partition coefficient (Wildman–Crippen LogP) is 4.84. The van der Waals surface area contributed by atoms with E-state index in [1.165, 1.54) is 6.08 Å². The standard InChI is InChI=1S/C26H27F3N6O2S/c1-4-23(36)32-20-6-5-17(12-21(20)35-9-7-34(3)8-10-35)19-11-18(13-30-14-19)16(2)24(37)33-25-31-15-22(38-25)26(27,28)29/h4-6,11-16H,1,7-10H2,2-3H3,(H,32,36)(H,31,33,37). The zero-order chi connectivity index (χ0) is 27.4. The van der Waals surface area contributed by atoms with Crippen molar-refractivity contribution in [1.82, 2.24) is 14.9 Å². The number of amides is 2. The van der Waals surface area contributed by atoms with Crippen molar-refractivity contribution in [2.24, 2.45) is 0 Å². The third kappa shape index (κ3) is 6.37. The Morgan fingerprint density at radius 2 is 1.82 bits per heavy atom. The first-order valence-corrected chi connectivity index (χ1v) is 12.7. The molecule has 38 heavy (non-hydrogen) atoms. The van der Waals surface area contributed by atoms with E-state index in [0.29, 0.717) is 28.8 Å². The zero-order valence-corrected chi connectivity index (χ0v) is 21.7. The van der Waals surface area contributed by atoms with Crippen LogP contribution in [0.15, 0.2) is 55.5 Å². The quantitative estimate of drug-likeness (QED) is 0.414. The van der Waals surface area contributed by atoms with Gasteiger partial charge in [0.05, 0.1) is 23.5 Å². The molecule has 12 heteroatoms. The molecule has 0 aliphatic carbocycles. The first-order chi connectivity index (χ1) is 18.0. The van der Waals surface area contributed by atoms with Crippen LogP contribution < -0.4 is 15.5 Å². The Kier molecular flexibility index (Phi) is 8.12. The van der Waals surface area contributed by atoms with Gasteiger partial charge in [-0.1, -0.05) is 24.0 Å². The molecule has 1 fully saturated rings. The highest BCUT2D eigenvalue weighted by molar-refractivity contribution is 7.15. The Morgan fingerprint density at radius 1 is 1.08 bits per heavy atom. The normalized spacial score (nSPS) is 15.1. The number of rotatable bonds is 7. The second kappa shape index (κ2) is 11.3. The van der Waals surface area contributed by atoms with Crippen molar-refractivity contribution in [3.63, 3.8) is 0 Å². The Hall–Kier alpha value is -3.77. The van der Waals surface area contributed by atoms with Crippen molar-refractivity contribution < 1.29 is 22.8 Å². The van der Waals surface area contributed by atoms with Gasteiger partial charge in [0.1, 0.15) is 4.88 Å². The van der Waals surface area contributed by atoms with Crippen LogP contribution in [0.1, 0.15) is 23.3 Å². The summed E-state index contributed by atoms with van der Waals surface area (Å²) in [7, 11) is 2.06. The van der Waals surface area contributed by atoms with Crippen molar-refractivity contribution in [3.8, 4) is 11.1 Å². The van der Waals surface area contributed by atoms with Gasteiger partial charge in [-0.3, -0.25) is 14.6 Å². The minimum atomic E-state index is -4.52. The van der Waals surface area contributed by atoms with E-state index in [2.05, 4.69) is 44.0 Å². The van der Waals surface area contributed by atoms with Crippen LogP contribution in [0.5, 0.6) is 0 Å². The van der Waals surface area contributed by atoms with Crippen LogP contribution in [-0.2, 0) is 15.8 Å². The lowest BCUT2D eigenvalue weighted by Crippen LogP contribution is -2.44. The second-order valence-corrected chi connectivity index (χ2v) is 9.99. The summed E-state index contributed by atoms with van der Waals surface area (Å²) in [5, 5.41) is 5.21. The molecule has 2 N–H and O–H groups in total. The topological polar surface area (TPSA) is 90.5 Å². The number of nitrogens with one attached hydrogen (secondary N) is 2. The largest absolute Gasteiger partial charge is 0.427 e. The Balaban J connectivity index is 1.57. The third-order valence-corrected chi connectivity index (χ3v) is 7.24. The first-order valence-electron chi connectivity index (χ1n) is 11.9. The Labute approximate surface area is 222 Å². The molecule has 1 aromatic carbocycles. The summed E-state index contributed by atoms with van der Waals surface area (Å²) in [5.74, 6) is -1.49. The highest BCUT2D eigenvalue weighted by atomic mass is 32.1. The van der Waals surface area contributed by atoms with Crippen LogP contribution in [0.3, 0.4) is 0 Å². The van der Waals surface area contributed by atoms with Crippen molar-refractivity contribution in [1.29, 1.82) is 0 Å². The van der Waals surface area contributed by atoms with E-state index in [-0.39, 0.29) is 11.0 Å². The molecule has 2 amide bonds. The number of hydrogen-bond donors (Lipinski definition) is 2. The van der Waals surface area contributed by atoms with E-state index in [4.69, 9.17) is 0 Å². The maximum atomic E-state index is 12.9. The first kappa shape index (κ1) is 27.3. The molecule has 3 heterocycles. The fourth-order valence-corrected chi connectivity index (χ4v) is 4.68. The van der Waals surface area contributed by atoms with Gasteiger partial charge in [0.25, 0.3) is 0 Å². The van der Waals surface area contributed by atoms with Crippen molar-refractivity contribution in [2.75, 3.05) is 48.8 Å². The summed E-state index contributed by atoms with van der Waals surface area (Å²) >= 11 is 0.376. The van der Waals surface area contributed by atoms with E-state index in [9.17, 15) is 22.8 Å². The molecule has 4 rings (SSSR count). The average Bonchev–Trinajstić information content (AvgIpc) is 3.38. The molecule has 1 saturated heterocycles. The molecule has 0 bridgehead atoms. The highest BCUT2D eigenvalue weighted by Gasteiger charge is 2.33. The summed E-state index contributed by atoms with van der Waals surface area (Å²) in [4.78, 5) is 36.3. The summed E-state index contributed by atoms with van der Waals surface area (Å²) in [6.45, 7) is 8.52. The molecular weight excluding hydrogens is 517 g/mol. The average molecular weight is 545 g/mol. The van der Waals surface area contributed by atoms with Gasteiger partial charge >= 0.3 is 6.18 Å². The van der Waals surface area contributed by atoms with Gasteiger partial charge in [-0.2, -0.15) is 13.2 Å². The number of nitrogens with zero attached hydrogens (tertiary/aromatic N) is 4. The molecule has 8 nitrogen and oxygen atoms in total. The maximum Gasteiger partial charge on any atom is 0.427 e. The van der Waals surface area contributed by atoms with Gasteiger partial charge in [0, 0.05) is 44.1 Å². The molecule has 1 atom stereocenters. The SMILES string of the molecule is C=CC(=O)Nc1ccc(-c2cncc(C(C)C(=O)Nc3ncc(C(F)(F)F)s3)c2)cc1N1CCN(C)CC1. The minimum Gasteiger partial charge on any atom is -0.367 e. The monoisotopic (exact) mass is 544 g/mol. The van der Waals surface area contributed by atoms with E-state index in [1.54, 1.807) is 19.3 Å². The molecule has 1 aliphatic rings. The number of halogens is 3. The Bertz CT molecular complexity index is 1330. The number of anilines is 3. The molecule has 0 spiro atoms. The zero-order valence-electron chi connectivity index (χ0n) is 20.9. The molecule has 0 radical (unpaired) electrons. The molecule has 1 aliphatic heterocycles. The van der Waals surface area contributed by atoms with Crippen molar-refractivity contribution in [3.05, 3.63) is 66.0 Å². The minimum absolute atomic E-state index is 0.118. The number of likely N-dealkylation sites (N-methyl/N-ethyl adjacent to an activating group) is 1. The lowest BCUT2D eigenvalue weighted by Gasteiger charge is -2.35. The van der Waals surface area contributed by atoms with E-state index in [1.807, 2.05) is 24.3 Å². The number of carbonyl (C=O) groups excluding carboxylic acids is 2. The van der Waals surface area contributed by atoms with Gasteiger partial charge in [0.15, 0.2) is 5.13 Å². The van der Waals surface area contributed by atoms with E-state index >= 15 is 0 Å². The van der Waals surface area contributed by atoms with Crippen LogP contribution in [0.2, 0.25) is 0 Å². The summed E-state index contributed by atoms with van der Waals surface area (Å²) in [5.41, 5.74) is 3.73. The summed E-state index contributed by atoms with van der Waals surface area (Å²) in [6, 6.07) is 7.49. The highest BCUT2D eigenvalue weighted by Crippen LogP contribution is 2.36. The van der Waals surface area contributed by atoms with E-state index in [0.717, 1.165) is 43.0 Å². The van der Waals surface area contributed by atoms with Gasteiger partial charge < -0.3 is 20.4 Å². The van der Waals surface area contributed by atoms with E-state index < -0.39 is 22.9 Å². The molecule has 1 unspecified atom stereocenters. The number of piperazine rings is 1. The van der Waals surface area contributed by atoms with Crippen LogP contribution in [0.4, 0.5) is 29.7 Å². The molecule has 3 aromatic rings. The number of thiazole rings is 1. The number of carbonyl (C=O) groups is 2. The van der Waals surface area contributed by atoms with Crippen LogP contribution in [0, 0.1) is 0 Å². The fraction of sp³-hybridized carbons (Fsp3) is 0.308. The number of benzene rings is 1. The fourth-order valence-electron chi connectivity index (χ4n) is 3.99. The molecule has 0 saturated carbocycles. The lowest BCUT2D eigenvalue weighted by molar-refractivity contribution is -0.134. The van der Waals surface area contributed by atoms with Gasteiger partial charge in [-0.05, 0) is 49.4 Å². The van der Waals surface area contributed by atoms with Gasteiger partial charge in [0.2, 0.25) is 11.8 Å².